The first-order chi connectivity index (χ1) is 16.5. The van der Waals surface area contributed by atoms with E-state index in [1.54, 1.807) is 30.2 Å². The van der Waals surface area contributed by atoms with E-state index in [1.807, 2.05) is 60.7 Å². The van der Waals surface area contributed by atoms with Gasteiger partial charge in [0, 0.05) is 29.4 Å². The monoisotopic (exact) mass is 457 g/mol. The van der Waals surface area contributed by atoms with E-state index in [1.165, 1.54) is 6.92 Å². The van der Waals surface area contributed by atoms with Crippen LogP contribution in [0.25, 0.3) is 6.08 Å². The lowest BCUT2D eigenvalue weighted by Crippen LogP contribution is -2.32. The van der Waals surface area contributed by atoms with Crippen LogP contribution in [0.3, 0.4) is 0 Å². The minimum absolute atomic E-state index is 0.0640. The average Bonchev–Trinajstić information content (AvgIpc) is 2.86. The zero-order chi connectivity index (χ0) is 23.9. The highest BCUT2D eigenvalue weighted by molar-refractivity contribution is 5.97. The van der Waals surface area contributed by atoms with E-state index in [9.17, 15) is 9.59 Å². The van der Waals surface area contributed by atoms with Crippen LogP contribution >= 0.6 is 0 Å². The maximum atomic E-state index is 13.6. The number of carbonyl (C=O) groups excluding carboxylic acids is 2. The van der Waals surface area contributed by atoms with Crippen LogP contribution in [0, 0.1) is 0 Å². The van der Waals surface area contributed by atoms with Crippen LogP contribution in [0.4, 0.5) is 5.69 Å². The minimum Gasteiger partial charge on any atom is -0.496 e. The van der Waals surface area contributed by atoms with Crippen molar-refractivity contribution in [3.63, 3.8) is 0 Å². The summed E-state index contributed by atoms with van der Waals surface area (Å²) in [5.74, 6) is 1.65. The van der Waals surface area contributed by atoms with Gasteiger partial charge >= 0.3 is 0 Å². The molecule has 6 nitrogen and oxygen atoms in total. The zero-order valence-corrected chi connectivity index (χ0v) is 19.3. The second-order valence-corrected chi connectivity index (χ2v) is 7.90. The number of ketones is 1. The van der Waals surface area contributed by atoms with Crippen LogP contribution in [-0.2, 0) is 11.2 Å². The van der Waals surface area contributed by atoms with Crippen molar-refractivity contribution < 1.29 is 23.8 Å². The molecule has 0 saturated carbocycles. The van der Waals surface area contributed by atoms with Gasteiger partial charge in [0.15, 0.2) is 17.3 Å². The van der Waals surface area contributed by atoms with E-state index >= 15 is 0 Å². The Morgan fingerprint density at radius 3 is 2.47 bits per heavy atom. The number of benzene rings is 3. The van der Waals surface area contributed by atoms with Gasteiger partial charge in [0.2, 0.25) is 5.91 Å². The van der Waals surface area contributed by atoms with Crippen molar-refractivity contribution in [1.82, 2.24) is 0 Å². The first kappa shape index (κ1) is 23.1. The van der Waals surface area contributed by atoms with E-state index in [2.05, 4.69) is 0 Å². The van der Waals surface area contributed by atoms with Crippen molar-refractivity contribution in [2.75, 3.05) is 31.8 Å². The second-order valence-electron chi connectivity index (χ2n) is 7.90. The molecule has 0 spiro atoms. The van der Waals surface area contributed by atoms with Gasteiger partial charge in [-0.05, 0) is 42.8 Å². The first-order valence-corrected chi connectivity index (χ1v) is 11.1. The third-order valence-electron chi connectivity index (χ3n) is 5.56. The summed E-state index contributed by atoms with van der Waals surface area (Å²) < 4.78 is 16.8. The van der Waals surface area contributed by atoms with Gasteiger partial charge in [0.1, 0.15) is 19.0 Å². The van der Waals surface area contributed by atoms with Crippen LogP contribution in [0.15, 0.2) is 72.8 Å². The topological polar surface area (TPSA) is 65.1 Å². The average molecular weight is 458 g/mol. The second kappa shape index (κ2) is 10.7. The number of fused-ring (bicyclic) bond motifs is 1. The van der Waals surface area contributed by atoms with Gasteiger partial charge in [-0.1, -0.05) is 42.5 Å². The Morgan fingerprint density at radius 1 is 0.971 bits per heavy atom. The summed E-state index contributed by atoms with van der Waals surface area (Å²) in [7, 11) is 1.55. The number of rotatable bonds is 8. The predicted molar refractivity (Wildman–Crippen MR) is 132 cm³/mol. The minimum atomic E-state index is -0.131. The van der Waals surface area contributed by atoms with Gasteiger partial charge in [0.25, 0.3) is 0 Å². The fourth-order valence-corrected chi connectivity index (χ4v) is 3.80. The summed E-state index contributed by atoms with van der Waals surface area (Å²) in [6, 6.07) is 20.6. The van der Waals surface area contributed by atoms with Crippen molar-refractivity contribution in [2.45, 2.75) is 13.3 Å². The maximum Gasteiger partial charge on any atom is 0.231 e. The molecule has 6 heteroatoms. The number of Topliss-reactive ketones (excluding diaryl/α,β-unsaturated/α-hetero) is 1. The van der Waals surface area contributed by atoms with Crippen molar-refractivity contribution in [1.29, 1.82) is 0 Å². The number of amides is 1. The van der Waals surface area contributed by atoms with E-state index in [4.69, 9.17) is 14.2 Å². The van der Waals surface area contributed by atoms with Gasteiger partial charge in [-0.2, -0.15) is 0 Å². The lowest BCUT2D eigenvalue weighted by atomic mass is 10.0. The summed E-state index contributed by atoms with van der Waals surface area (Å²) in [6.45, 7) is 2.83. The number of methoxy groups -OCH3 is 1. The highest BCUT2D eigenvalue weighted by Gasteiger charge is 2.21. The maximum absolute atomic E-state index is 13.6. The Bertz CT molecular complexity index is 1200. The highest BCUT2D eigenvalue weighted by Crippen LogP contribution is 2.34. The molecule has 4 rings (SSSR count). The first-order valence-electron chi connectivity index (χ1n) is 11.1. The number of anilines is 1. The van der Waals surface area contributed by atoms with Gasteiger partial charge in [-0.25, -0.2) is 0 Å². The molecule has 3 aromatic rings. The van der Waals surface area contributed by atoms with Gasteiger partial charge in [0.05, 0.1) is 13.5 Å². The van der Waals surface area contributed by atoms with Crippen LogP contribution in [0.2, 0.25) is 0 Å². The largest absolute Gasteiger partial charge is 0.496 e. The van der Waals surface area contributed by atoms with Gasteiger partial charge in [-0.15, -0.1) is 0 Å². The predicted octanol–water partition coefficient (Wildman–Crippen LogP) is 4.96. The van der Waals surface area contributed by atoms with Gasteiger partial charge < -0.3 is 19.1 Å². The number of hydrogen-bond acceptors (Lipinski definition) is 5. The van der Waals surface area contributed by atoms with Crippen LogP contribution < -0.4 is 19.1 Å². The molecule has 1 aliphatic heterocycles. The molecule has 1 amide bonds. The van der Waals surface area contributed by atoms with E-state index in [0.29, 0.717) is 53.8 Å². The Balaban J connectivity index is 1.63. The molecule has 0 aliphatic carbocycles. The molecule has 0 fully saturated rings. The number of carbonyl (C=O) groups is 2. The lowest BCUT2D eigenvalue weighted by molar-refractivity contribution is -0.117. The summed E-state index contributed by atoms with van der Waals surface area (Å²) in [5, 5.41) is 0. The fourth-order valence-electron chi connectivity index (χ4n) is 3.80. The lowest BCUT2D eigenvalue weighted by Gasteiger charge is -2.25. The molecule has 1 heterocycles. The van der Waals surface area contributed by atoms with Crippen LogP contribution in [0.5, 0.6) is 17.2 Å². The Hall–Kier alpha value is -4.06. The molecule has 34 heavy (non-hydrogen) atoms. The Labute approximate surface area is 199 Å². The third kappa shape index (κ3) is 5.46. The molecule has 0 bridgehead atoms. The zero-order valence-electron chi connectivity index (χ0n) is 19.3. The van der Waals surface area contributed by atoms with Crippen molar-refractivity contribution in [3.8, 4) is 17.2 Å². The molecule has 0 aromatic heterocycles. The number of ether oxygens (including phenoxy) is 3. The molecular formula is C28H27NO5. The smallest absolute Gasteiger partial charge is 0.231 e. The Kier molecular flexibility index (Phi) is 7.28. The van der Waals surface area contributed by atoms with E-state index in [-0.39, 0.29) is 18.1 Å². The molecule has 3 aromatic carbocycles. The van der Waals surface area contributed by atoms with Crippen molar-refractivity contribution in [2.24, 2.45) is 0 Å². The van der Waals surface area contributed by atoms with Crippen LogP contribution in [-0.4, -0.2) is 38.6 Å². The molecule has 0 saturated heterocycles. The van der Waals surface area contributed by atoms with Crippen molar-refractivity contribution >= 4 is 23.5 Å². The van der Waals surface area contributed by atoms with Gasteiger partial charge in [-0.3, -0.25) is 9.59 Å². The third-order valence-corrected chi connectivity index (χ3v) is 5.56. The Morgan fingerprint density at radius 2 is 1.74 bits per heavy atom. The molecule has 0 radical (unpaired) electrons. The summed E-state index contributed by atoms with van der Waals surface area (Å²) in [4.78, 5) is 27.1. The number of hydrogen-bond donors (Lipinski definition) is 0. The summed E-state index contributed by atoms with van der Waals surface area (Å²) in [5.41, 5.74) is 2.95. The normalized spacial score (nSPS) is 12.4. The van der Waals surface area contributed by atoms with E-state index in [0.717, 1.165) is 5.56 Å². The SMILES string of the molecule is COc1ccc(C(C)=O)cc1CC(=O)N(C/C=C/c1ccccc1)c1ccc2c(c1)OCCO2. The molecular weight excluding hydrogens is 430 g/mol. The van der Waals surface area contributed by atoms with E-state index < -0.39 is 0 Å². The molecule has 1 aliphatic rings. The summed E-state index contributed by atoms with van der Waals surface area (Å²) >= 11 is 0. The summed E-state index contributed by atoms with van der Waals surface area (Å²) in [6.07, 6.45) is 4.01. The highest BCUT2D eigenvalue weighted by atomic mass is 16.6. The molecule has 0 N–H and O–H groups in total. The molecule has 0 unspecified atom stereocenters. The fraction of sp³-hybridized carbons (Fsp3) is 0.214. The standard InChI is InChI=1S/C28H27NO5/c1-20(30)22-10-12-25(32-2)23(17-22)18-28(31)29(14-6-9-21-7-4-3-5-8-21)24-11-13-26-27(19-24)34-16-15-33-26/h3-13,17,19H,14-16,18H2,1-2H3/b9-6+. The van der Waals surface area contributed by atoms with Crippen LogP contribution in [0.1, 0.15) is 28.4 Å². The quantitative estimate of drug-likeness (QED) is 0.448. The number of nitrogens with zero attached hydrogens (tertiary/aromatic N) is 1. The molecule has 174 valence electrons. The molecule has 0 atom stereocenters. The van der Waals surface area contributed by atoms with Crippen molar-refractivity contribution in [3.05, 3.63) is 89.5 Å².